The lowest BCUT2D eigenvalue weighted by atomic mass is 10.1. The van der Waals surface area contributed by atoms with E-state index in [0.717, 1.165) is 37.2 Å². The fourth-order valence-corrected chi connectivity index (χ4v) is 2.14. The Balaban J connectivity index is 1.78. The molecule has 0 aromatic heterocycles. The Morgan fingerprint density at radius 2 is 2.26 bits per heavy atom. The van der Waals surface area contributed by atoms with Crippen molar-refractivity contribution in [2.45, 2.75) is 26.4 Å². The molecular weight excluding hydrogens is 240 g/mol. The molecule has 1 fully saturated rings. The molecule has 4 nitrogen and oxygen atoms in total. The number of carbonyl (C=O) groups is 1. The molecule has 1 saturated heterocycles. The van der Waals surface area contributed by atoms with E-state index >= 15 is 0 Å². The van der Waals surface area contributed by atoms with E-state index in [9.17, 15) is 4.79 Å². The maximum atomic E-state index is 12.0. The number of hydrogen-bond donors (Lipinski definition) is 2. The molecule has 2 rings (SSSR count). The third-order valence-corrected chi connectivity index (χ3v) is 3.53. The van der Waals surface area contributed by atoms with E-state index < -0.39 is 0 Å². The second kappa shape index (κ2) is 6.68. The van der Waals surface area contributed by atoms with E-state index in [1.807, 2.05) is 32.0 Å². The predicted octanol–water partition coefficient (Wildman–Crippen LogP) is 1.41. The van der Waals surface area contributed by atoms with Gasteiger partial charge in [0.05, 0.1) is 12.7 Å². The molecule has 1 aliphatic heterocycles. The Hall–Kier alpha value is -1.39. The van der Waals surface area contributed by atoms with Gasteiger partial charge in [0, 0.05) is 25.2 Å². The number of ether oxygens (including phenoxy) is 1. The molecule has 4 heteroatoms. The first kappa shape index (κ1) is 14.0. The van der Waals surface area contributed by atoms with Crippen molar-refractivity contribution in [2.24, 2.45) is 0 Å². The summed E-state index contributed by atoms with van der Waals surface area (Å²) in [6.07, 6.45) is 1.07. The van der Waals surface area contributed by atoms with Gasteiger partial charge in [0.15, 0.2) is 0 Å². The zero-order valence-electron chi connectivity index (χ0n) is 11.7. The van der Waals surface area contributed by atoms with Gasteiger partial charge in [-0.3, -0.25) is 4.79 Å². The first-order valence-corrected chi connectivity index (χ1v) is 6.84. The molecule has 0 radical (unpaired) electrons. The first-order chi connectivity index (χ1) is 9.16. The van der Waals surface area contributed by atoms with E-state index in [4.69, 9.17) is 4.74 Å². The lowest BCUT2D eigenvalue weighted by molar-refractivity contribution is 0.0239. The summed E-state index contributed by atoms with van der Waals surface area (Å²) >= 11 is 0. The normalized spacial score (nSPS) is 19.2. The average Bonchev–Trinajstić information content (AvgIpc) is 2.43. The smallest absolute Gasteiger partial charge is 0.251 e. The van der Waals surface area contributed by atoms with Gasteiger partial charge in [-0.25, -0.2) is 0 Å². The van der Waals surface area contributed by atoms with Gasteiger partial charge in [0.2, 0.25) is 0 Å². The van der Waals surface area contributed by atoms with Crippen LogP contribution >= 0.6 is 0 Å². The summed E-state index contributed by atoms with van der Waals surface area (Å²) in [5, 5.41) is 6.23. The van der Waals surface area contributed by atoms with Crippen LogP contribution in [0.25, 0.3) is 0 Å². The minimum Gasteiger partial charge on any atom is -0.376 e. The SMILES string of the molecule is Cc1ccc(C(=O)NCCC2CNCCO2)cc1C. The molecule has 0 saturated carbocycles. The average molecular weight is 262 g/mol. The maximum absolute atomic E-state index is 12.0. The second-order valence-electron chi connectivity index (χ2n) is 5.04. The number of nitrogens with one attached hydrogen (secondary N) is 2. The van der Waals surface area contributed by atoms with Crippen LogP contribution in [-0.4, -0.2) is 38.3 Å². The summed E-state index contributed by atoms with van der Waals surface area (Å²) in [4.78, 5) is 12.0. The van der Waals surface area contributed by atoms with Gasteiger partial charge < -0.3 is 15.4 Å². The molecule has 0 bridgehead atoms. The summed E-state index contributed by atoms with van der Waals surface area (Å²) in [7, 11) is 0. The van der Waals surface area contributed by atoms with Crippen molar-refractivity contribution < 1.29 is 9.53 Å². The maximum Gasteiger partial charge on any atom is 0.251 e. The van der Waals surface area contributed by atoms with E-state index in [0.29, 0.717) is 6.54 Å². The van der Waals surface area contributed by atoms with Crippen LogP contribution < -0.4 is 10.6 Å². The van der Waals surface area contributed by atoms with Crippen LogP contribution in [0.15, 0.2) is 18.2 Å². The number of morpholine rings is 1. The molecule has 1 aromatic carbocycles. The van der Waals surface area contributed by atoms with Crippen LogP contribution in [0, 0.1) is 13.8 Å². The van der Waals surface area contributed by atoms with Crippen LogP contribution in [0.4, 0.5) is 0 Å². The van der Waals surface area contributed by atoms with Crippen molar-refractivity contribution in [1.82, 2.24) is 10.6 Å². The molecule has 1 aromatic rings. The van der Waals surface area contributed by atoms with Gasteiger partial charge in [0.25, 0.3) is 5.91 Å². The van der Waals surface area contributed by atoms with Gasteiger partial charge in [-0.1, -0.05) is 6.07 Å². The number of carbonyl (C=O) groups excluding carboxylic acids is 1. The zero-order valence-corrected chi connectivity index (χ0v) is 11.7. The van der Waals surface area contributed by atoms with Crippen LogP contribution in [0.5, 0.6) is 0 Å². The minimum atomic E-state index is -0.00753. The van der Waals surface area contributed by atoms with Gasteiger partial charge in [-0.2, -0.15) is 0 Å². The largest absolute Gasteiger partial charge is 0.376 e. The van der Waals surface area contributed by atoms with Gasteiger partial charge >= 0.3 is 0 Å². The first-order valence-electron chi connectivity index (χ1n) is 6.84. The lowest BCUT2D eigenvalue weighted by Crippen LogP contribution is -2.40. The molecule has 104 valence electrons. The Labute approximate surface area is 114 Å². The third-order valence-electron chi connectivity index (χ3n) is 3.53. The van der Waals surface area contributed by atoms with Crippen molar-refractivity contribution in [1.29, 1.82) is 0 Å². The lowest BCUT2D eigenvalue weighted by Gasteiger charge is -2.23. The molecule has 0 aliphatic carbocycles. The van der Waals surface area contributed by atoms with Crippen molar-refractivity contribution in [3.8, 4) is 0 Å². The van der Waals surface area contributed by atoms with Crippen LogP contribution in [0.2, 0.25) is 0 Å². The molecule has 1 aliphatic rings. The number of hydrogen-bond acceptors (Lipinski definition) is 3. The molecule has 1 unspecified atom stereocenters. The summed E-state index contributed by atoms with van der Waals surface area (Å²) in [5.41, 5.74) is 3.08. The van der Waals surface area contributed by atoms with Crippen molar-refractivity contribution >= 4 is 5.91 Å². The van der Waals surface area contributed by atoms with Gasteiger partial charge in [-0.15, -0.1) is 0 Å². The highest BCUT2D eigenvalue weighted by Crippen LogP contribution is 2.09. The van der Waals surface area contributed by atoms with Crippen molar-refractivity contribution in [3.05, 3.63) is 34.9 Å². The van der Waals surface area contributed by atoms with Gasteiger partial charge in [0.1, 0.15) is 0 Å². The monoisotopic (exact) mass is 262 g/mol. The number of rotatable bonds is 4. The van der Waals surface area contributed by atoms with Crippen molar-refractivity contribution in [3.63, 3.8) is 0 Å². The number of aryl methyl sites for hydroxylation is 2. The third kappa shape index (κ3) is 4.04. The Morgan fingerprint density at radius 3 is 2.95 bits per heavy atom. The zero-order chi connectivity index (χ0) is 13.7. The highest BCUT2D eigenvalue weighted by molar-refractivity contribution is 5.94. The molecule has 2 N–H and O–H groups in total. The fraction of sp³-hybridized carbons (Fsp3) is 0.533. The van der Waals surface area contributed by atoms with Crippen LogP contribution in [-0.2, 0) is 4.74 Å². The van der Waals surface area contributed by atoms with E-state index in [2.05, 4.69) is 10.6 Å². The molecule has 1 heterocycles. The van der Waals surface area contributed by atoms with E-state index in [1.165, 1.54) is 5.56 Å². The van der Waals surface area contributed by atoms with Crippen LogP contribution in [0.3, 0.4) is 0 Å². The minimum absolute atomic E-state index is 0.00753. The Kier molecular flexibility index (Phi) is 4.93. The Bertz CT molecular complexity index is 440. The topological polar surface area (TPSA) is 50.4 Å². The summed E-state index contributed by atoms with van der Waals surface area (Å²) < 4.78 is 5.59. The van der Waals surface area contributed by atoms with E-state index in [1.54, 1.807) is 0 Å². The molecule has 1 amide bonds. The van der Waals surface area contributed by atoms with Gasteiger partial charge in [-0.05, 0) is 43.5 Å². The molecule has 1 atom stereocenters. The second-order valence-corrected chi connectivity index (χ2v) is 5.04. The number of amides is 1. The highest BCUT2D eigenvalue weighted by atomic mass is 16.5. The fourth-order valence-electron chi connectivity index (χ4n) is 2.14. The van der Waals surface area contributed by atoms with Crippen LogP contribution in [0.1, 0.15) is 27.9 Å². The predicted molar refractivity (Wildman–Crippen MR) is 75.5 cm³/mol. The quantitative estimate of drug-likeness (QED) is 0.862. The Morgan fingerprint density at radius 1 is 1.42 bits per heavy atom. The molecule has 19 heavy (non-hydrogen) atoms. The standard InChI is InChI=1S/C15H22N2O2/c1-11-3-4-13(9-12(11)2)15(18)17-6-5-14-10-16-7-8-19-14/h3-4,9,14,16H,5-8,10H2,1-2H3,(H,17,18). The molecular formula is C15H22N2O2. The number of benzene rings is 1. The van der Waals surface area contributed by atoms with Crippen molar-refractivity contribution in [2.75, 3.05) is 26.2 Å². The summed E-state index contributed by atoms with van der Waals surface area (Å²) in [6.45, 7) is 7.27. The highest BCUT2D eigenvalue weighted by Gasteiger charge is 2.13. The summed E-state index contributed by atoms with van der Waals surface area (Å²) in [6, 6.07) is 5.79. The van der Waals surface area contributed by atoms with E-state index in [-0.39, 0.29) is 12.0 Å². The summed E-state index contributed by atoms with van der Waals surface area (Å²) in [5.74, 6) is -0.00753. The molecule has 0 spiro atoms.